The summed E-state index contributed by atoms with van der Waals surface area (Å²) < 4.78 is 11.0. The maximum atomic E-state index is 5.64. The lowest BCUT2D eigenvalue weighted by atomic mass is 10.1. The van der Waals surface area contributed by atoms with E-state index in [1.807, 2.05) is 24.3 Å². The first-order valence-electron chi connectivity index (χ1n) is 7.29. The Hall–Kier alpha value is -1.90. The Morgan fingerprint density at radius 2 is 2.15 bits per heavy atom. The van der Waals surface area contributed by atoms with Crippen LogP contribution in [0.1, 0.15) is 32.4 Å². The lowest BCUT2D eigenvalue weighted by molar-refractivity contribution is 0.317. The van der Waals surface area contributed by atoms with Crippen molar-refractivity contribution >= 4 is 5.69 Å². The molecular weight excluding hydrogens is 250 g/mol. The van der Waals surface area contributed by atoms with Crippen LogP contribution < -0.4 is 10.1 Å². The molecule has 2 aromatic rings. The number of nitrogens with one attached hydrogen (secondary N) is 1. The largest absolute Gasteiger partial charge is 0.494 e. The summed E-state index contributed by atoms with van der Waals surface area (Å²) in [7, 11) is 0. The lowest BCUT2D eigenvalue weighted by Crippen LogP contribution is -2.15. The van der Waals surface area contributed by atoms with Gasteiger partial charge in [-0.15, -0.1) is 0 Å². The average molecular weight is 273 g/mol. The fraction of sp³-hybridized carbons (Fsp3) is 0.412. The minimum absolute atomic E-state index is 0.390. The van der Waals surface area contributed by atoms with E-state index in [-0.39, 0.29) is 0 Å². The van der Waals surface area contributed by atoms with Crippen LogP contribution in [0.4, 0.5) is 5.69 Å². The van der Waals surface area contributed by atoms with E-state index in [9.17, 15) is 0 Å². The van der Waals surface area contributed by atoms with E-state index in [1.54, 1.807) is 6.26 Å². The van der Waals surface area contributed by atoms with Gasteiger partial charge in [0.25, 0.3) is 0 Å². The van der Waals surface area contributed by atoms with E-state index in [1.165, 1.54) is 0 Å². The van der Waals surface area contributed by atoms with Gasteiger partial charge in [0.15, 0.2) is 0 Å². The zero-order chi connectivity index (χ0) is 14.2. The number of hydrogen-bond acceptors (Lipinski definition) is 3. The highest BCUT2D eigenvalue weighted by Crippen LogP contribution is 2.19. The van der Waals surface area contributed by atoms with Gasteiger partial charge in [0, 0.05) is 24.2 Å². The Bertz CT molecular complexity index is 493. The van der Waals surface area contributed by atoms with Gasteiger partial charge < -0.3 is 14.5 Å². The summed E-state index contributed by atoms with van der Waals surface area (Å²) in [6.45, 7) is 5.05. The normalized spacial score (nSPS) is 12.1. The van der Waals surface area contributed by atoms with Crippen LogP contribution >= 0.6 is 0 Å². The van der Waals surface area contributed by atoms with Crippen LogP contribution in [-0.2, 0) is 6.42 Å². The molecule has 0 radical (unpaired) electrons. The maximum absolute atomic E-state index is 5.64. The van der Waals surface area contributed by atoms with Crippen LogP contribution in [0.25, 0.3) is 0 Å². The number of benzene rings is 1. The molecule has 1 aromatic heterocycles. The minimum Gasteiger partial charge on any atom is -0.494 e. The highest BCUT2D eigenvalue weighted by atomic mass is 16.5. The zero-order valence-electron chi connectivity index (χ0n) is 12.3. The summed E-state index contributed by atoms with van der Waals surface area (Å²) in [4.78, 5) is 0. The molecule has 1 unspecified atom stereocenters. The summed E-state index contributed by atoms with van der Waals surface area (Å²) in [6, 6.07) is 12.5. The number of furan rings is 1. The minimum atomic E-state index is 0.390. The number of aryl methyl sites for hydroxylation is 1. The Labute approximate surface area is 121 Å². The van der Waals surface area contributed by atoms with Crippen LogP contribution in [0.3, 0.4) is 0 Å². The first-order chi connectivity index (χ1) is 9.78. The van der Waals surface area contributed by atoms with Crippen molar-refractivity contribution in [2.75, 3.05) is 11.9 Å². The summed E-state index contributed by atoms with van der Waals surface area (Å²) in [6.07, 6.45) is 4.74. The van der Waals surface area contributed by atoms with Gasteiger partial charge in [0.05, 0.1) is 12.9 Å². The summed E-state index contributed by atoms with van der Waals surface area (Å²) >= 11 is 0. The standard InChI is InChI=1S/C17H23NO2/c1-3-11-19-17-7-4-6-15(13-17)18-14(2)9-10-16-8-5-12-20-16/h4-8,12-14,18H,3,9-11H2,1-2H3. The topological polar surface area (TPSA) is 34.4 Å². The van der Waals surface area contributed by atoms with Crippen molar-refractivity contribution in [3.8, 4) is 5.75 Å². The second kappa shape index (κ2) is 7.63. The van der Waals surface area contributed by atoms with Crippen LogP contribution in [0, 0.1) is 0 Å². The van der Waals surface area contributed by atoms with Gasteiger partial charge >= 0.3 is 0 Å². The first kappa shape index (κ1) is 14.5. The SMILES string of the molecule is CCCOc1cccc(NC(C)CCc2ccco2)c1. The molecule has 1 atom stereocenters. The van der Waals surface area contributed by atoms with E-state index >= 15 is 0 Å². The Morgan fingerprint density at radius 1 is 1.25 bits per heavy atom. The molecule has 3 heteroatoms. The third-order valence-corrected chi connectivity index (χ3v) is 3.12. The van der Waals surface area contributed by atoms with Crippen molar-refractivity contribution in [3.05, 3.63) is 48.4 Å². The number of hydrogen-bond donors (Lipinski definition) is 1. The molecule has 0 saturated carbocycles. The molecule has 0 aliphatic rings. The van der Waals surface area contributed by atoms with Crippen LogP contribution in [-0.4, -0.2) is 12.6 Å². The highest BCUT2D eigenvalue weighted by Gasteiger charge is 2.05. The zero-order valence-corrected chi connectivity index (χ0v) is 12.3. The molecular formula is C17H23NO2. The maximum Gasteiger partial charge on any atom is 0.121 e. The van der Waals surface area contributed by atoms with Crippen LogP contribution in [0.5, 0.6) is 5.75 Å². The van der Waals surface area contributed by atoms with Gasteiger partial charge in [-0.25, -0.2) is 0 Å². The fourth-order valence-electron chi connectivity index (χ4n) is 2.07. The molecule has 0 aliphatic heterocycles. The van der Waals surface area contributed by atoms with Gasteiger partial charge in [-0.3, -0.25) is 0 Å². The van der Waals surface area contributed by atoms with Gasteiger partial charge in [0.1, 0.15) is 11.5 Å². The number of ether oxygens (including phenoxy) is 1. The smallest absolute Gasteiger partial charge is 0.121 e. The van der Waals surface area contributed by atoms with Gasteiger partial charge in [-0.05, 0) is 44.0 Å². The summed E-state index contributed by atoms with van der Waals surface area (Å²) in [5.74, 6) is 1.97. The molecule has 0 amide bonds. The van der Waals surface area contributed by atoms with Crippen molar-refractivity contribution in [2.45, 2.75) is 39.2 Å². The van der Waals surface area contributed by atoms with E-state index < -0.39 is 0 Å². The Balaban J connectivity index is 1.82. The van der Waals surface area contributed by atoms with Gasteiger partial charge in [0.2, 0.25) is 0 Å². The molecule has 2 rings (SSSR count). The second-order valence-electron chi connectivity index (χ2n) is 5.04. The molecule has 20 heavy (non-hydrogen) atoms. The quantitative estimate of drug-likeness (QED) is 0.769. The predicted octanol–water partition coefficient (Wildman–Crippen LogP) is 4.50. The van der Waals surface area contributed by atoms with Crippen molar-refractivity contribution < 1.29 is 9.15 Å². The highest BCUT2D eigenvalue weighted by molar-refractivity contribution is 5.48. The van der Waals surface area contributed by atoms with Crippen LogP contribution in [0.15, 0.2) is 47.1 Å². The lowest BCUT2D eigenvalue weighted by Gasteiger charge is -2.15. The van der Waals surface area contributed by atoms with E-state index in [2.05, 4.69) is 31.3 Å². The average Bonchev–Trinajstić information content (AvgIpc) is 2.97. The van der Waals surface area contributed by atoms with E-state index in [4.69, 9.17) is 9.15 Å². The summed E-state index contributed by atoms with van der Waals surface area (Å²) in [5, 5.41) is 3.50. The molecule has 0 fully saturated rings. The molecule has 0 aliphatic carbocycles. The first-order valence-corrected chi connectivity index (χ1v) is 7.29. The van der Waals surface area contributed by atoms with E-state index in [0.717, 1.165) is 43.1 Å². The van der Waals surface area contributed by atoms with Gasteiger partial charge in [-0.2, -0.15) is 0 Å². The third-order valence-electron chi connectivity index (χ3n) is 3.12. The molecule has 3 nitrogen and oxygen atoms in total. The molecule has 1 heterocycles. The van der Waals surface area contributed by atoms with Crippen molar-refractivity contribution in [2.24, 2.45) is 0 Å². The Kier molecular flexibility index (Phi) is 5.54. The third kappa shape index (κ3) is 4.65. The molecule has 1 aromatic carbocycles. The van der Waals surface area contributed by atoms with Crippen molar-refractivity contribution in [1.29, 1.82) is 0 Å². The van der Waals surface area contributed by atoms with Crippen LogP contribution in [0.2, 0.25) is 0 Å². The van der Waals surface area contributed by atoms with E-state index in [0.29, 0.717) is 6.04 Å². The molecule has 0 saturated heterocycles. The predicted molar refractivity (Wildman–Crippen MR) is 82.3 cm³/mol. The molecule has 1 N–H and O–H groups in total. The molecule has 108 valence electrons. The summed E-state index contributed by atoms with van der Waals surface area (Å²) in [5.41, 5.74) is 1.10. The molecule has 0 bridgehead atoms. The number of rotatable bonds is 8. The Morgan fingerprint density at radius 3 is 2.90 bits per heavy atom. The number of anilines is 1. The fourth-order valence-corrected chi connectivity index (χ4v) is 2.07. The van der Waals surface area contributed by atoms with Crippen molar-refractivity contribution in [3.63, 3.8) is 0 Å². The molecule has 0 spiro atoms. The van der Waals surface area contributed by atoms with Gasteiger partial charge in [-0.1, -0.05) is 13.0 Å². The monoisotopic (exact) mass is 273 g/mol. The van der Waals surface area contributed by atoms with Crippen molar-refractivity contribution in [1.82, 2.24) is 0 Å². The second-order valence-corrected chi connectivity index (χ2v) is 5.04.